The van der Waals surface area contributed by atoms with Gasteiger partial charge in [-0.25, -0.2) is 23.1 Å². The number of hydrogen-bond acceptors (Lipinski definition) is 6. The lowest BCUT2D eigenvalue weighted by molar-refractivity contribution is -0.132. The van der Waals surface area contributed by atoms with Crippen molar-refractivity contribution in [3.05, 3.63) is 60.3 Å². The molecule has 3 atom stereocenters. The van der Waals surface area contributed by atoms with Gasteiger partial charge >= 0.3 is 0 Å². The Bertz CT molecular complexity index is 1250. The maximum atomic E-state index is 14.1. The number of nitrogens with one attached hydrogen (secondary N) is 1. The van der Waals surface area contributed by atoms with Gasteiger partial charge in [0, 0.05) is 48.7 Å². The van der Waals surface area contributed by atoms with E-state index in [0.717, 1.165) is 10.4 Å². The fourth-order valence-corrected chi connectivity index (χ4v) is 5.38. The first kappa shape index (κ1) is 25.3. The predicted octanol–water partition coefficient (Wildman–Crippen LogP) is 4.90. The molecule has 11 heteroatoms. The first-order valence-corrected chi connectivity index (χ1v) is 13.0. The molecule has 2 fully saturated rings. The molecule has 2 saturated carbocycles. The largest absolute Gasteiger partial charge is 0.351 e. The number of benzene rings is 1. The van der Waals surface area contributed by atoms with Crippen molar-refractivity contribution in [2.45, 2.75) is 62.7 Å². The topological polar surface area (TPSA) is 88.1 Å². The maximum Gasteiger partial charge on any atom is 0.251 e. The molecule has 2 aliphatic rings. The highest BCUT2D eigenvalue weighted by Crippen LogP contribution is 2.42. The summed E-state index contributed by atoms with van der Waals surface area (Å²) in [6.45, 7) is 1.56. The van der Waals surface area contributed by atoms with Gasteiger partial charge in [0.2, 0.25) is 11.8 Å². The number of thiazole rings is 1. The minimum Gasteiger partial charge on any atom is -0.351 e. The van der Waals surface area contributed by atoms with Crippen LogP contribution in [0.15, 0.2) is 54.7 Å². The highest BCUT2D eigenvalue weighted by Gasteiger charge is 2.53. The van der Waals surface area contributed by atoms with E-state index in [1.807, 2.05) is 12.1 Å². The highest BCUT2D eigenvalue weighted by atomic mass is 32.1. The van der Waals surface area contributed by atoms with Gasteiger partial charge in [-0.05, 0) is 43.9 Å². The molecule has 2 amide bonds. The molecule has 0 spiro atoms. The van der Waals surface area contributed by atoms with Crippen LogP contribution >= 0.6 is 11.3 Å². The molecular formula is C26H26F3N5O2S. The van der Waals surface area contributed by atoms with E-state index < -0.39 is 41.4 Å². The van der Waals surface area contributed by atoms with Crippen molar-refractivity contribution in [1.29, 1.82) is 0 Å². The van der Waals surface area contributed by atoms with Crippen LogP contribution in [0.25, 0.3) is 10.4 Å². The minimum absolute atomic E-state index is 0.0784. The van der Waals surface area contributed by atoms with E-state index in [4.69, 9.17) is 0 Å². The Morgan fingerprint density at radius 1 is 1.08 bits per heavy atom. The van der Waals surface area contributed by atoms with Gasteiger partial charge in [0.1, 0.15) is 12.5 Å². The molecule has 37 heavy (non-hydrogen) atoms. The van der Waals surface area contributed by atoms with Crippen molar-refractivity contribution < 1.29 is 22.8 Å². The smallest absolute Gasteiger partial charge is 0.251 e. The highest BCUT2D eigenvalue weighted by molar-refractivity contribution is 7.13. The average molecular weight is 530 g/mol. The molecule has 1 N–H and O–H groups in total. The van der Waals surface area contributed by atoms with E-state index in [9.17, 15) is 22.8 Å². The molecule has 2 heterocycles. The molecular weight excluding hydrogens is 503 g/mol. The average Bonchev–Trinajstić information content (AvgIpc) is 3.38. The van der Waals surface area contributed by atoms with E-state index >= 15 is 0 Å². The van der Waals surface area contributed by atoms with Crippen LogP contribution in [0.4, 0.5) is 18.9 Å². The first-order valence-electron chi connectivity index (χ1n) is 12.1. The Balaban J connectivity index is 1.54. The van der Waals surface area contributed by atoms with Gasteiger partial charge < -0.3 is 5.32 Å². The third kappa shape index (κ3) is 5.09. The van der Waals surface area contributed by atoms with E-state index in [-0.39, 0.29) is 32.1 Å². The van der Waals surface area contributed by atoms with Gasteiger partial charge in [0.25, 0.3) is 5.91 Å². The molecule has 0 bridgehead atoms. The molecule has 194 valence electrons. The van der Waals surface area contributed by atoms with Crippen LogP contribution in [0, 0.1) is 5.92 Å². The molecule has 0 saturated heterocycles. The summed E-state index contributed by atoms with van der Waals surface area (Å²) in [5.41, 5.74) is 1.65. The Morgan fingerprint density at radius 3 is 2.30 bits per heavy atom. The van der Waals surface area contributed by atoms with Crippen LogP contribution in [-0.2, 0) is 15.1 Å². The number of nitrogens with zero attached hydrogens (tertiary/aromatic N) is 4. The van der Waals surface area contributed by atoms with Crippen LogP contribution in [0.1, 0.15) is 44.6 Å². The molecule has 0 unspecified atom stereocenters. The fraction of sp³-hybridized carbons (Fsp3) is 0.423. The quantitative estimate of drug-likeness (QED) is 0.470. The molecule has 0 radical (unpaired) electrons. The Morgan fingerprint density at radius 2 is 1.73 bits per heavy atom. The minimum atomic E-state index is -2.75. The van der Waals surface area contributed by atoms with Gasteiger partial charge in [-0.1, -0.05) is 12.1 Å². The monoisotopic (exact) mass is 529 g/mol. The maximum absolute atomic E-state index is 14.1. The third-order valence-corrected chi connectivity index (χ3v) is 7.98. The van der Waals surface area contributed by atoms with Gasteiger partial charge in [-0.2, -0.15) is 0 Å². The molecule has 0 aliphatic heterocycles. The van der Waals surface area contributed by atoms with Crippen molar-refractivity contribution >= 4 is 28.8 Å². The lowest BCUT2D eigenvalue weighted by Gasteiger charge is -2.41. The predicted molar refractivity (Wildman–Crippen MR) is 133 cm³/mol. The number of alkyl halides is 3. The molecule has 1 aromatic carbocycles. The molecule has 3 aromatic rings. The number of rotatable bonds is 7. The van der Waals surface area contributed by atoms with Crippen LogP contribution in [0.5, 0.6) is 0 Å². The van der Waals surface area contributed by atoms with Crippen molar-refractivity contribution in [1.82, 2.24) is 20.3 Å². The van der Waals surface area contributed by atoms with Crippen LogP contribution < -0.4 is 10.2 Å². The lowest BCUT2D eigenvalue weighted by atomic mass is 9.87. The zero-order valence-electron chi connectivity index (χ0n) is 20.1. The number of carbonyl (C=O) groups excluding carboxylic acids is 2. The Labute approximate surface area is 216 Å². The second kappa shape index (κ2) is 9.85. The summed E-state index contributed by atoms with van der Waals surface area (Å²) in [7, 11) is 0. The number of anilines is 1. The van der Waals surface area contributed by atoms with Gasteiger partial charge in [-0.15, -0.1) is 11.3 Å². The zero-order chi connectivity index (χ0) is 26.2. The van der Waals surface area contributed by atoms with E-state index in [2.05, 4.69) is 20.3 Å². The van der Waals surface area contributed by atoms with E-state index in [1.165, 1.54) is 35.0 Å². The van der Waals surface area contributed by atoms with E-state index in [1.54, 1.807) is 30.8 Å². The van der Waals surface area contributed by atoms with E-state index in [0.29, 0.717) is 11.3 Å². The summed E-state index contributed by atoms with van der Waals surface area (Å²) in [5, 5.41) is 2.88. The normalized spacial score (nSPS) is 22.6. The first-order chi connectivity index (χ1) is 17.7. The van der Waals surface area contributed by atoms with Gasteiger partial charge in [-0.3, -0.25) is 19.5 Å². The third-order valence-electron chi connectivity index (χ3n) is 7.16. The molecule has 2 aromatic heterocycles. The summed E-state index contributed by atoms with van der Waals surface area (Å²) in [5.74, 6) is -4.71. The van der Waals surface area contributed by atoms with Crippen molar-refractivity contribution in [2.24, 2.45) is 5.92 Å². The second-order valence-corrected chi connectivity index (χ2v) is 10.6. The Kier molecular flexibility index (Phi) is 6.74. The molecule has 2 aliphatic carbocycles. The second-order valence-electron chi connectivity index (χ2n) is 9.75. The number of carbonyl (C=O) groups is 2. The van der Waals surface area contributed by atoms with Crippen LogP contribution in [0.2, 0.25) is 0 Å². The van der Waals surface area contributed by atoms with Crippen LogP contribution in [0.3, 0.4) is 0 Å². The summed E-state index contributed by atoms with van der Waals surface area (Å²) >= 11 is 1.46. The number of aromatic nitrogens is 3. The standard InChI is InChI=1S/C26H26F3N5O2S/c1-25(17-11-30-14-31-12-17,24(36)33-18-6-8-26(28,29)9-7-18)34(23(35)20-10-21(20)27)19-4-2-16(3-5-19)22-13-32-15-37-22/h2-5,11-15,18,20-21H,6-10H2,1H3,(H,33,36)/t20-,21-,25-/m1/s1. The molecule has 5 rings (SSSR count). The van der Waals surface area contributed by atoms with Crippen molar-refractivity contribution in [3.8, 4) is 10.4 Å². The SMILES string of the molecule is C[C@](C(=O)NC1CCC(F)(F)CC1)(c1cncnc1)N(C(=O)[C@@H]1C[C@H]1F)c1ccc(-c2cncs2)cc1. The van der Waals surface area contributed by atoms with Gasteiger partial charge in [0.05, 0.1) is 16.3 Å². The summed E-state index contributed by atoms with van der Waals surface area (Å²) in [4.78, 5) is 42.1. The number of amides is 2. The lowest BCUT2D eigenvalue weighted by Crippen LogP contribution is -2.59. The van der Waals surface area contributed by atoms with Gasteiger partial charge in [0.15, 0.2) is 5.54 Å². The zero-order valence-corrected chi connectivity index (χ0v) is 20.9. The number of hydrogen-bond donors (Lipinski definition) is 1. The van der Waals surface area contributed by atoms with Crippen molar-refractivity contribution in [2.75, 3.05) is 4.90 Å². The fourth-order valence-electron chi connectivity index (χ4n) is 4.75. The Hall–Kier alpha value is -3.34. The molecule has 7 nitrogen and oxygen atoms in total. The summed E-state index contributed by atoms with van der Waals surface area (Å²) in [6, 6.07) is 6.56. The van der Waals surface area contributed by atoms with Crippen LogP contribution in [-0.4, -0.2) is 44.9 Å². The van der Waals surface area contributed by atoms with Crippen molar-refractivity contribution in [3.63, 3.8) is 0 Å². The summed E-state index contributed by atoms with van der Waals surface area (Å²) in [6.07, 6.45) is 4.29. The summed E-state index contributed by atoms with van der Waals surface area (Å²) < 4.78 is 41.6. The number of halogens is 3.